The number of para-hydroxylation sites is 5. The van der Waals surface area contributed by atoms with Gasteiger partial charge in [-0.25, -0.2) is 9.55 Å². The molecule has 0 atom stereocenters. The third-order valence-corrected chi connectivity index (χ3v) is 8.93. The Kier molecular flexibility index (Phi) is 4.97. The minimum atomic E-state index is 0.950. The number of fused-ring (bicyclic) bond motifs is 7. The maximum Gasteiger partial charge on any atom is 0.259 e. The number of aryl methyl sites for hydroxylation is 1. The molecule has 0 fully saturated rings. The Balaban J connectivity index is 1.38. The number of pyridine rings is 1. The lowest BCUT2D eigenvalue weighted by molar-refractivity contribution is -0.652. The first-order chi connectivity index (χ1) is 21.2. The van der Waals surface area contributed by atoms with Gasteiger partial charge in [0, 0.05) is 40.2 Å². The maximum absolute atomic E-state index is 5.49. The number of aromatic nitrogens is 5. The fourth-order valence-electron chi connectivity index (χ4n) is 6.88. The van der Waals surface area contributed by atoms with Gasteiger partial charge in [-0.05, 0) is 54.6 Å². The molecule has 0 aliphatic heterocycles. The Bertz CT molecular complexity index is 2530. The summed E-state index contributed by atoms with van der Waals surface area (Å²) in [5.41, 5.74) is 9.91. The molecule has 0 aliphatic carbocycles. The van der Waals surface area contributed by atoms with Gasteiger partial charge in [-0.15, -0.1) is 0 Å². The average molecular weight is 555 g/mol. The highest BCUT2D eigenvalue weighted by Crippen LogP contribution is 2.38. The van der Waals surface area contributed by atoms with Crippen LogP contribution in [0.1, 0.15) is 5.82 Å². The second-order valence-electron chi connectivity index (χ2n) is 11.2. The van der Waals surface area contributed by atoms with Gasteiger partial charge in [-0.2, -0.15) is 4.57 Å². The number of nitrogens with zero attached hydrogens (tertiary/aromatic N) is 5. The lowest BCUT2D eigenvalue weighted by atomic mass is 10.1. The standard InChI is InChI=1S/C38H28N5/c1-25-40(2)35-21-10-11-22-36(35)41(25)27-15-12-16-28(23-27)43-34-20-9-7-18-30(34)32-24-31-29-17-6-8-19-33(29)42(37(31)39-38(32)43)26-13-4-3-5-14-26/h3-24H,1-2H3/q+1. The van der Waals surface area contributed by atoms with Gasteiger partial charge in [-0.3, -0.25) is 9.13 Å². The predicted molar refractivity (Wildman–Crippen MR) is 176 cm³/mol. The Morgan fingerprint density at radius 3 is 1.65 bits per heavy atom. The molecule has 0 aliphatic rings. The topological polar surface area (TPSA) is 31.6 Å². The van der Waals surface area contributed by atoms with Crippen molar-refractivity contribution in [3.8, 4) is 17.1 Å². The minimum absolute atomic E-state index is 0.950. The van der Waals surface area contributed by atoms with Gasteiger partial charge in [0.15, 0.2) is 11.0 Å². The Morgan fingerprint density at radius 2 is 0.977 bits per heavy atom. The molecule has 0 saturated carbocycles. The van der Waals surface area contributed by atoms with Crippen molar-refractivity contribution in [1.29, 1.82) is 0 Å². The van der Waals surface area contributed by atoms with Gasteiger partial charge < -0.3 is 0 Å². The smallest absolute Gasteiger partial charge is 0.259 e. The van der Waals surface area contributed by atoms with E-state index in [4.69, 9.17) is 4.98 Å². The number of benzene rings is 5. The SMILES string of the molecule is Cc1n(-c2cccc(-n3c4ccccc4c4cc5c6ccccc6n(-c6ccccc6)c5nc43)c2)c2ccccc2[n+]1C. The molecule has 0 saturated heterocycles. The summed E-state index contributed by atoms with van der Waals surface area (Å²) in [5.74, 6) is 1.17. The zero-order valence-corrected chi connectivity index (χ0v) is 23.9. The highest BCUT2D eigenvalue weighted by atomic mass is 15.2. The first-order valence-electron chi connectivity index (χ1n) is 14.6. The summed E-state index contributed by atoms with van der Waals surface area (Å²) < 4.78 is 9.20. The molecule has 4 heterocycles. The molecule has 5 aromatic carbocycles. The molecule has 0 spiro atoms. The van der Waals surface area contributed by atoms with E-state index >= 15 is 0 Å². The summed E-state index contributed by atoms with van der Waals surface area (Å²) in [4.78, 5) is 5.49. The van der Waals surface area contributed by atoms with Crippen LogP contribution in [-0.4, -0.2) is 18.7 Å². The second kappa shape index (κ2) is 8.91. The van der Waals surface area contributed by atoms with Crippen LogP contribution in [0.5, 0.6) is 0 Å². The molecule has 9 rings (SSSR count). The quantitative estimate of drug-likeness (QED) is 0.202. The highest BCUT2D eigenvalue weighted by molar-refractivity contribution is 6.16. The summed E-state index contributed by atoms with van der Waals surface area (Å²) >= 11 is 0. The summed E-state index contributed by atoms with van der Waals surface area (Å²) in [6.45, 7) is 2.17. The van der Waals surface area contributed by atoms with Crippen molar-refractivity contribution in [1.82, 2.24) is 18.7 Å². The molecule has 5 heteroatoms. The van der Waals surface area contributed by atoms with Gasteiger partial charge in [0.05, 0.1) is 23.8 Å². The van der Waals surface area contributed by atoms with Crippen LogP contribution in [0.4, 0.5) is 0 Å². The summed E-state index contributed by atoms with van der Waals surface area (Å²) in [6.07, 6.45) is 0. The van der Waals surface area contributed by atoms with E-state index in [1.54, 1.807) is 0 Å². The first-order valence-corrected chi connectivity index (χ1v) is 14.6. The van der Waals surface area contributed by atoms with Gasteiger partial charge in [0.2, 0.25) is 0 Å². The molecular formula is C38H28N5+. The van der Waals surface area contributed by atoms with Crippen molar-refractivity contribution in [3.05, 3.63) is 139 Å². The summed E-state index contributed by atoms with van der Waals surface area (Å²) in [6, 6.07) is 47.5. The van der Waals surface area contributed by atoms with Crippen LogP contribution >= 0.6 is 0 Å². The van der Waals surface area contributed by atoms with E-state index in [9.17, 15) is 0 Å². The zero-order valence-electron chi connectivity index (χ0n) is 23.9. The lowest BCUT2D eigenvalue weighted by Crippen LogP contribution is -2.30. The summed E-state index contributed by atoms with van der Waals surface area (Å²) in [5, 5.41) is 4.71. The van der Waals surface area contributed by atoms with Crippen molar-refractivity contribution in [2.45, 2.75) is 6.92 Å². The molecule has 0 amide bonds. The maximum atomic E-state index is 5.49. The molecular weight excluding hydrogens is 526 g/mol. The van der Waals surface area contributed by atoms with E-state index in [0.717, 1.165) is 50.2 Å². The van der Waals surface area contributed by atoms with Gasteiger partial charge in [0.1, 0.15) is 17.0 Å². The number of hydrogen-bond acceptors (Lipinski definition) is 1. The Labute approximate surface area is 248 Å². The van der Waals surface area contributed by atoms with Crippen molar-refractivity contribution in [2.24, 2.45) is 7.05 Å². The normalized spacial score (nSPS) is 12.0. The van der Waals surface area contributed by atoms with E-state index in [1.165, 1.54) is 27.6 Å². The molecule has 5 nitrogen and oxygen atoms in total. The van der Waals surface area contributed by atoms with E-state index in [1.807, 2.05) is 0 Å². The molecule has 4 aromatic heterocycles. The van der Waals surface area contributed by atoms with Crippen LogP contribution in [-0.2, 0) is 7.05 Å². The minimum Gasteiger partial charge on any atom is -0.294 e. The monoisotopic (exact) mass is 554 g/mol. The fraction of sp³-hybridized carbons (Fsp3) is 0.0526. The van der Waals surface area contributed by atoms with Crippen molar-refractivity contribution in [3.63, 3.8) is 0 Å². The lowest BCUT2D eigenvalue weighted by Gasteiger charge is -2.10. The zero-order chi connectivity index (χ0) is 28.7. The molecule has 9 aromatic rings. The highest BCUT2D eigenvalue weighted by Gasteiger charge is 2.23. The predicted octanol–water partition coefficient (Wildman–Crippen LogP) is 8.35. The number of imidazole rings is 1. The van der Waals surface area contributed by atoms with Crippen LogP contribution in [0, 0.1) is 6.92 Å². The van der Waals surface area contributed by atoms with Crippen molar-refractivity contribution in [2.75, 3.05) is 0 Å². The molecule has 0 unspecified atom stereocenters. The molecule has 0 bridgehead atoms. The van der Waals surface area contributed by atoms with Crippen LogP contribution in [0.15, 0.2) is 133 Å². The second-order valence-corrected chi connectivity index (χ2v) is 11.2. The van der Waals surface area contributed by atoms with E-state index < -0.39 is 0 Å². The van der Waals surface area contributed by atoms with Gasteiger partial charge >= 0.3 is 0 Å². The van der Waals surface area contributed by atoms with E-state index in [2.05, 4.69) is 166 Å². The molecule has 0 N–H and O–H groups in total. The van der Waals surface area contributed by atoms with Crippen LogP contribution in [0.3, 0.4) is 0 Å². The third kappa shape index (κ3) is 3.33. The fourth-order valence-corrected chi connectivity index (χ4v) is 6.88. The van der Waals surface area contributed by atoms with Crippen LogP contribution in [0.25, 0.3) is 72.0 Å². The van der Waals surface area contributed by atoms with E-state index in [-0.39, 0.29) is 0 Å². The third-order valence-electron chi connectivity index (χ3n) is 8.93. The summed E-state index contributed by atoms with van der Waals surface area (Å²) in [7, 11) is 2.13. The van der Waals surface area contributed by atoms with Crippen molar-refractivity contribution >= 4 is 54.9 Å². The number of rotatable bonds is 3. The van der Waals surface area contributed by atoms with Crippen molar-refractivity contribution < 1.29 is 4.57 Å². The largest absolute Gasteiger partial charge is 0.294 e. The molecule has 43 heavy (non-hydrogen) atoms. The van der Waals surface area contributed by atoms with Gasteiger partial charge in [-0.1, -0.05) is 72.8 Å². The van der Waals surface area contributed by atoms with Crippen LogP contribution in [0.2, 0.25) is 0 Å². The Hall–Kier alpha value is -5.68. The number of hydrogen-bond donors (Lipinski definition) is 0. The molecule has 204 valence electrons. The van der Waals surface area contributed by atoms with Gasteiger partial charge in [0.25, 0.3) is 5.82 Å². The first kappa shape index (κ1) is 24.0. The average Bonchev–Trinajstić information content (AvgIpc) is 3.65. The molecule has 0 radical (unpaired) electrons. The van der Waals surface area contributed by atoms with E-state index in [0.29, 0.717) is 0 Å². The van der Waals surface area contributed by atoms with Crippen LogP contribution < -0.4 is 4.57 Å². The Morgan fingerprint density at radius 1 is 0.465 bits per heavy atom.